The molecule has 98 valence electrons. The van der Waals surface area contributed by atoms with E-state index >= 15 is 0 Å². The Morgan fingerprint density at radius 3 is 2.56 bits per heavy atom. The van der Waals surface area contributed by atoms with E-state index in [2.05, 4.69) is 27.8 Å². The van der Waals surface area contributed by atoms with Crippen LogP contribution in [0.4, 0.5) is 13.2 Å². The van der Waals surface area contributed by atoms with Gasteiger partial charge >= 0.3 is 6.18 Å². The molecule has 0 aliphatic carbocycles. The summed E-state index contributed by atoms with van der Waals surface area (Å²) < 4.78 is 37.8. The standard InChI is InChI=1S/C12H11BrF3NO/c1-7(2)6-17-11(18)8-3-4-10(13)9(5-8)12(14,15)16/h3-5H,1,6H2,2H3,(H,17,18). The molecular weight excluding hydrogens is 311 g/mol. The van der Waals surface area contributed by atoms with Gasteiger partial charge in [-0.2, -0.15) is 13.2 Å². The van der Waals surface area contributed by atoms with Crippen LogP contribution < -0.4 is 5.32 Å². The van der Waals surface area contributed by atoms with Crippen LogP contribution in [-0.4, -0.2) is 12.5 Å². The third-order valence-corrected chi connectivity index (χ3v) is 2.78. The highest BCUT2D eigenvalue weighted by atomic mass is 79.9. The molecule has 1 aromatic carbocycles. The molecule has 18 heavy (non-hydrogen) atoms. The van der Waals surface area contributed by atoms with Gasteiger partial charge in [0.05, 0.1) is 5.56 Å². The lowest BCUT2D eigenvalue weighted by Crippen LogP contribution is -2.25. The van der Waals surface area contributed by atoms with E-state index in [4.69, 9.17) is 0 Å². The molecule has 1 N–H and O–H groups in total. The predicted octanol–water partition coefficient (Wildman–Crippen LogP) is 3.77. The number of nitrogens with one attached hydrogen (secondary N) is 1. The fourth-order valence-corrected chi connectivity index (χ4v) is 1.69. The van der Waals surface area contributed by atoms with Gasteiger partial charge < -0.3 is 5.32 Å². The predicted molar refractivity (Wildman–Crippen MR) is 66.3 cm³/mol. The first kappa shape index (κ1) is 14.8. The van der Waals surface area contributed by atoms with E-state index in [9.17, 15) is 18.0 Å². The van der Waals surface area contributed by atoms with Crippen LogP contribution in [-0.2, 0) is 6.18 Å². The van der Waals surface area contributed by atoms with Gasteiger partial charge in [-0.25, -0.2) is 0 Å². The Morgan fingerprint density at radius 1 is 1.44 bits per heavy atom. The van der Waals surface area contributed by atoms with Gasteiger partial charge in [0.25, 0.3) is 5.91 Å². The van der Waals surface area contributed by atoms with Gasteiger partial charge in [0.2, 0.25) is 0 Å². The second-order valence-electron chi connectivity index (χ2n) is 3.83. The molecule has 0 unspecified atom stereocenters. The van der Waals surface area contributed by atoms with E-state index in [-0.39, 0.29) is 16.6 Å². The van der Waals surface area contributed by atoms with Crippen LogP contribution in [0.2, 0.25) is 0 Å². The zero-order valence-corrected chi connectivity index (χ0v) is 11.2. The van der Waals surface area contributed by atoms with Crippen molar-refractivity contribution >= 4 is 21.8 Å². The molecule has 0 saturated heterocycles. The van der Waals surface area contributed by atoms with Crippen molar-refractivity contribution < 1.29 is 18.0 Å². The molecule has 0 saturated carbocycles. The van der Waals surface area contributed by atoms with E-state index in [0.29, 0.717) is 0 Å². The average molecular weight is 322 g/mol. The van der Waals surface area contributed by atoms with Crippen LogP contribution in [0.1, 0.15) is 22.8 Å². The number of hydrogen-bond donors (Lipinski definition) is 1. The summed E-state index contributed by atoms with van der Waals surface area (Å²) in [5.41, 5.74) is -0.186. The maximum Gasteiger partial charge on any atom is 0.417 e. The van der Waals surface area contributed by atoms with Gasteiger partial charge in [0.15, 0.2) is 0 Å². The zero-order chi connectivity index (χ0) is 13.9. The summed E-state index contributed by atoms with van der Waals surface area (Å²) in [4.78, 5) is 11.6. The maximum atomic E-state index is 12.6. The lowest BCUT2D eigenvalue weighted by atomic mass is 10.1. The second kappa shape index (κ2) is 5.56. The fourth-order valence-electron chi connectivity index (χ4n) is 1.22. The van der Waals surface area contributed by atoms with Crippen molar-refractivity contribution in [2.24, 2.45) is 0 Å². The maximum absolute atomic E-state index is 12.6. The van der Waals surface area contributed by atoms with Crippen molar-refractivity contribution in [3.05, 3.63) is 46.0 Å². The van der Waals surface area contributed by atoms with Crippen molar-refractivity contribution in [1.82, 2.24) is 5.32 Å². The van der Waals surface area contributed by atoms with Gasteiger partial charge in [-0.15, -0.1) is 0 Å². The molecule has 0 aliphatic rings. The smallest absolute Gasteiger partial charge is 0.348 e. The quantitative estimate of drug-likeness (QED) is 0.843. The normalized spacial score (nSPS) is 11.2. The van der Waals surface area contributed by atoms with Crippen LogP contribution >= 0.6 is 15.9 Å². The molecule has 0 spiro atoms. The molecule has 1 aromatic rings. The summed E-state index contributed by atoms with van der Waals surface area (Å²) in [6, 6.07) is 3.35. The molecule has 2 nitrogen and oxygen atoms in total. The minimum absolute atomic E-state index is 0.0354. The molecule has 6 heteroatoms. The molecule has 1 rings (SSSR count). The van der Waals surface area contributed by atoms with Crippen molar-refractivity contribution in [2.45, 2.75) is 13.1 Å². The summed E-state index contributed by atoms with van der Waals surface area (Å²) in [5.74, 6) is -0.559. The lowest BCUT2D eigenvalue weighted by molar-refractivity contribution is -0.138. The van der Waals surface area contributed by atoms with E-state index in [1.165, 1.54) is 12.1 Å². The molecule has 0 aromatic heterocycles. The van der Waals surface area contributed by atoms with E-state index in [1.54, 1.807) is 6.92 Å². The Bertz CT molecular complexity index is 483. The van der Waals surface area contributed by atoms with Gasteiger partial charge in [0.1, 0.15) is 0 Å². The number of halogens is 4. The molecule has 0 aliphatic heterocycles. The van der Waals surface area contributed by atoms with Gasteiger partial charge in [-0.1, -0.05) is 28.1 Å². The minimum Gasteiger partial charge on any atom is -0.348 e. The van der Waals surface area contributed by atoms with Crippen LogP contribution in [0.5, 0.6) is 0 Å². The second-order valence-corrected chi connectivity index (χ2v) is 4.69. The van der Waals surface area contributed by atoms with Crippen molar-refractivity contribution in [3.8, 4) is 0 Å². The topological polar surface area (TPSA) is 29.1 Å². The largest absolute Gasteiger partial charge is 0.417 e. The number of alkyl halides is 3. The fraction of sp³-hybridized carbons (Fsp3) is 0.250. The van der Waals surface area contributed by atoms with Crippen molar-refractivity contribution in [3.63, 3.8) is 0 Å². The highest BCUT2D eigenvalue weighted by Gasteiger charge is 2.33. The summed E-state index contributed by atoms with van der Waals surface area (Å²) in [6.07, 6.45) is -4.50. The number of carbonyl (C=O) groups is 1. The lowest BCUT2D eigenvalue weighted by Gasteiger charge is -2.11. The summed E-state index contributed by atoms with van der Waals surface area (Å²) in [5, 5.41) is 2.48. The minimum atomic E-state index is -4.50. The molecule has 0 radical (unpaired) electrons. The van der Waals surface area contributed by atoms with E-state index in [1.807, 2.05) is 0 Å². The number of hydrogen-bond acceptors (Lipinski definition) is 1. The third kappa shape index (κ3) is 3.87. The van der Waals surface area contributed by atoms with E-state index < -0.39 is 17.6 Å². The number of carbonyl (C=O) groups excluding carboxylic acids is 1. The van der Waals surface area contributed by atoms with E-state index in [0.717, 1.165) is 11.6 Å². The first-order valence-electron chi connectivity index (χ1n) is 5.01. The zero-order valence-electron chi connectivity index (χ0n) is 9.57. The number of benzene rings is 1. The van der Waals surface area contributed by atoms with Crippen LogP contribution in [0.15, 0.2) is 34.8 Å². The summed E-state index contributed by atoms with van der Waals surface area (Å²) >= 11 is 2.81. The molecular formula is C12H11BrF3NO. The van der Waals surface area contributed by atoms with Crippen molar-refractivity contribution in [1.29, 1.82) is 0 Å². The van der Waals surface area contributed by atoms with Gasteiger partial charge in [0, 0.05) is 16.6 Å². The number of amides is 1. The SMILES string of the molecule is C=C(C)CNC(=O)c1ccc(Br)c(C(F)(F)F)c1. The first-order chi connectivity index (χ1) is 8.21. The Kier molecular flexibility index (Phi) is 4.56. The molecule has 0 heterocycles. The van der Waals surface area contributed by atoms with Crippen LogP contribution in [0, 0.1) is 0 Å². The van der Waals surface area contributed by atoms with Gasteiger partial charge in [-0.3, -0.25) is 4.79 Å². The molecule has 0 bridgehead atoms. The third-order valence-electron chi connectivity index (χ3n) is 2.08. The molecule has 1 amide bonds. The molecule has 0 atom stereocenters. The Hall–Kier alpha value is -1.30. The summed E-state index contributed by atoms with van der Waals surface area (Å²) in [6.45, 7) is 5.53. The van der Waals surface area contributed by atoms with Crippen molar-refractivity contribution in [2.75, 3.05) is 6.54 Å². The Morgan fingerprint density at radius 2 is 2.06 bits per heavy atom. The first-order valence-corrected chi connectivity index (χ1v) is 5.80. The monoisotopic (exact) mass is 321 g/mol. The average Bonchev–Trinajstić information content (AvgIpc) is 2.24. The highest BCUT2D eigenvalue weighted by Crippen LogP contribution is 2.35. The molecule has 0 fully saturated rings. The van der Waals surface area contributed by atoms with Crippen LogP contribution in [0.3, 0.4) is 0 Å². The Balaban J connectivity index is 2.98. The number of rotatable bonds is 3. The van der Waals surface area contributed by atoms with Crippen LogP contribution in [0.25, 0.3) is 0 Å². The highest BCUT2D eigenvalue weighted by molar-refractivity contribution is 9.10. The Labute approximate surface area is 111 Å². The summed E-state index contributed by atoms with van der Waals surface area (Å²) in [7, 11) is 0. The van der Waals surface area contributed by atoms with Gasteiger partial charge in [-0.05, 0) is 25.1 Å².